The number of amides is 1. The third kappa shape index (κ3) is 3.81. The highest BCUT2D eigenvalue weighted by molar-refractivity contribution is 5.94. The summed E-state index contributed by atoms with van der Waals surface area (Å²) in [5, 5.41) is 2.61. The molecule has 0 fully saturated rings. The van der Waals surface area contributed by atoms with E-state index in [-0.39, 0.29) is 11.6 Å². The van der Waals surface area contributed by atoms with E-state index in [1.54, 1.807) is 19.9 Å². The molecule has 0 aliphatic rings. The molecule has 18 heavy (non-hydrogen) atoms. The highest BCUT2D eigenvalue weighted by Crippen LogP contribution is 2.08. The number of carbonyl (C=O) groups is 2. The molecular formula is C12H16N2O4. The van der Waals surface area contributed by atoms with E-state index < -0.39 is 12.1 Å². The maximum Gasteiger partial charge on any atom is 0.356 e. The summed E-state index contributed by atoms with van der Waals surface area (Å²) in [4.78, 5) is 26.8. The van der Waals surface area contributed by atoms with Crippen molar-refractivity contribution in [2.75, 3.05) is 19.0 Å². The number of carbonyl (C=O) groups excluding carboxylic acids is 2. The van der Waals surface area contributed by atoms with Crippen LogP contribution in [0.3, 0.4) is 0 Å². The number of hydrogen-bond acceptors (Lipinski definition) is 5. The van der Waals surface area contributed by atoms with Crippen molar-refractivity contribution in [1.29, 1.82) is 0 Å². The van der Waals surface area contributed by atoms with Crippen LogP contribution >= 0.6 is 0 Å². The van der Waals surface area contributed by atoms with Gasteiger partial charge >= 0.3 is 5.97 Å². The van der Waals surface area contributed by atoms with Crippen LogP contribution in [0.4, 0.5) is 5.69 Å². The number of nitrogens with zero attached hydrogens (tertiary/aromatic N) is 1. The summed E-state index contributed by atoms with van der Waals surface area (Å²) in [5.41, 5.74) is 0.701. The van der Waals surface area contributed by atoms with Crippen LogP contribution in [-0.2, 0) is 14.3 Å². The molecule has 0 aliphatic carbocycles. The molecule has 98 valence electrons. The van der Waals surface area contributed by atoms with Crippen LogP contribution in [0.2, 0.25) is 0 Å². The van der Waals surface area contributed by atoms with E-state index in [9.17, 15) is 9.59 Å². The molecule has 1 aromatic rings. The van der Waals surface area contributed by atoms with E-state index in [0.29, 0.717) is 12.3 Å². The Hall–Kier alpha value is -1.95. The molecule has 0 saturated carbocycles. The quantitative estimate of drug-likeness (QED) is 0.797. The van der Waals surface area contributed by atoms with Crippen LogP contribution in [0.5, 0.6) is 0 Å². The topological polar surface area (TPSA) is 77.5 Å². The molecule has 1 aromatic heterocycles. The van der Waals surface area contributed by atoms with Crippen LogP contribution in [-0.4, -0.2) is 36.7 Å². The van der Waals surface area contributed by atoms with Gasteiger partial charge in [0.25, 0.3) is 5.91 Å². The maximum absolute atomic E-state index is 11.5. The number of rotatable bonds is 5. The average Bonchev–Trinajstić information content (AvgIpc) is 2.38. The third-order valence-corrected chi connectivity index (χ3v) is 2.24. The van der Waals surface area contributed by atoms with Gasteiger partial charge in [-0.2, -0.15) is 0 Å². The van der Waals surface area contributed by atoms with Crippen LogP contribution in [0.25, 0.3) is 0 Å². The second-order valence-corrected chi connectivity index (χ2v) is 3.52. The van der Waals surface area contributed by atoms with Crippen molar-refractivity contribution >= 4 is 17.6 Å². The number of hydrogen-bond donors (Lipinski definition) is 1. The van der Waals surface area contributed by atoms with Gasteiger partial charge in [-0.15, -0.1) is 0 Å². The van der Waals surface area contributed by atoms with E-state index in [2.05, 4.69) is 10.3 Å². The first kappa shape index (κ1) is 14.1. The number of pyridine rings is 1. The van der Waals surface area contributed by atoms with Gasteiger partial charge < -0.3 is 14.8 Å². The standard InChI is InChI=1S/C12H16N2O4/c1-4-18-12(16)10-6-5-9(7-13-10)14-11(15)8(2)17-3/h5-8H,4H2,1-3H3,(H,14,15)/t8-/m0/s1. The Bertz CT molecular complexity index is 417. The molecule has 1 rings (SSSR count). The largest absolute Gasteiger partial charge is 0.461 e. The zero-order valence-corrected chi connectivity index (χ0v) is 10.6. The van der Waals surface area contributed by atoms with Crippen LogP contribution in [0, 0.1) is 0 Å². The second kappa shape index (κ2) is 6.70. The first-order valence-corrected chi connectivity index (χ1v) is 5.55. The molecule has 0 radical (unpaired) electrons. The van der Waals surface area contributed by atoms with Crippen molar-refractivity contribution in [2.24, 2.45) is 0 Å². The van der Waals surface area contributed by atoms with Gasteiger partial charge in [0.1, 0.15) is 11.8 Å². The fourth-order valence-corrected chi connectivity index (χ4v) is 1.14. The zero-order valence-electron chi connectivity index (χ0n) is 10.6. The fraction of sp³-hybridized carbons (Fsp3) is 0.417. The minimum Gasteiger partial charge on any atom is -0.461 e. The number of ether oxygens (including phenoxy) is 2. The van der Waals surface area contributed by atoms with Gasteiger partial charge in [0.15, 0.2) is 0 Å². The normalized spacial score (nSPS) is 11.7. The molecular weight excluding hydrogens is 236 g/mol. The Morgan fingerprint density at radius 3 is 2.67 bits per heavy atom. The Morgan fingerprint density at radius 2 is 2.17 bits per heavy atom. The summed E-state index contributed by atoms with van der Waals surface area (Å²) >= 11 is 0. The first-order chi connectivity index (χ1) is 8.58. The lowest BCUT2D eigenvalue weighted by Crippen LogP contribution is -2.26. The predicted octanol–water partition coefficient (Wildman–Crippen LogP) is 1.23. The molecule has 1 atom stereocenters. The Labute approximate surface area is 105 Å². The monoisotopic (exact) mass is 252 g/mol. The van der Waals surface area contributed by atoms with Crippen molar-refractivity contribution < 1.29 is 19.1 Å². The Kier molecular flexibility index (Phi) is 5.26. The van der Waals surface area contributed by atoms with Crippen LogP contribution in [0.1, 0.15) is 24.3 Å². The van der Waals surface area contributed by atoms with Crippen molar-refractivity contribution in [3.8, 4) is 0 Å². The van der Waals surface area contributed by atoms with Gasteiger partial charge in [-0.25, -0.2) is 9.78 Å². The van der Waals surface area contributed by atoms with Gasteiger partial charge in [0.2, 0.25) is 0 Å². The lowest BCUT2D eigenvalue weighted by molar-refractivity contribution is -0.124. The summed E-state index contributed by atoms with van der Waals surface area (Å²) < 4.78 is 9.67. The summed E-state index contributed by atoms with van der Waals surface area (Å²) in [5.74, 6) is -0.760. The number of nitrogens with one attached hydrogen (secondary N) is 1. The minimum absolute atomic E-state index is 0.203. The van der Waals surface area contributed by atoms with E-state index in [4.69, 9.17) is 9.47 Å². The number of aromatic nitrogens is 1. The Balaban J connectivity index is 2.66. The van der Waals surface area contributed by atoms with Gasteiger partial charge in [0.05, 0.1) is 18.5 Å². The molecule has 6 nitrogen and oxygen atoms in total. The summed E-state index contributed by atoms with van der Waals surface area (Å²) in [6.07, 6.45) is 0.849. The second-order valence-electron chi connectivity index (χ2n) is 3.52. The highest BCUT2D eigenvalue weighted by Gasteiger charge is 2.12. The van der Waals surface area contributed by atoms with Crippen molar-refractivity contribution in [3.05, 3.63) is 24.0 Å². The SMILES string of the molecule is CCOC(=O)c1ccc(NC(=O)[C@H](C)OC)cn1. The summed E-state index contributed by atoms with van der Waals surface area (Å²) in [6.45, 7) is 3.65. The molecule has 0 aliphatic heterocycles. The van der Waals surface area contributed by atoms with E-state index in [1.165, 1.54) is 19.4 Å². The first-order valence-electron chi connectivity index (χ1n) is 5.55. The summed E-state index contributed by atoms with van der Waals surface area (Å²) in [7, 11) is 1.45. The summed E-state index contributed by atoms with van der Waals surface area (Å²) in [6, 6.07) is 3.07. The van der Waals surface area contributed by atoms with E-state index in [1.807, 2.05) is 0 Å². The average molecular weight is 252 g/mol. The lowest BCUT2D eigenvalue weighted by Gasteiger charge is -2.10. The van der Waals surface area contributed by atoms with Gasteiger partial charge in [-0.3, -0.25) is 4.79 Å². The number of esters is 1. The van der Waals surface area contributed by atoms with Crippen LogP contribution in [0.15, 0.2) is 18.3 Å². The molecule has 0 spiro atoms. The van der Waals surface area contributed by atoms with Gasteiger partial charge in [0, 0.05) is 7.11 Å². The lowest BCUT2D eigenvalue weighted by atomic mass is 10.3. The molecule has 0 unspecified atom stereocenters. The highest BCUT2D eigenvalue weighted by atomic mass is 16.5. The number of anilines is 1. The molecule has 1 heterocycles. The van der Waals surface area contributed by atoms with Gasteiger partial charge in [-0.05, 0) is 26.0 Å². The molecule has 6 heteroatoms. The molecule has 1 N–H and O–H groups in total. The zero-order chi connectivity index (χ0) is 13.5. The minimum atomic E-state index is -0.547. The van der Waals surface area contributed by atoms with Crippen molar-refractivity contribution in [3.63, 3.8) is 0 Å². The molecule has 0 bridgehead atoms. The van der Waals surface area contributed by atoms with E-state index in [0.717, 1.165) is 0 Å². The molecule has 0 aromatic carbocycles. The van der Waals surface area contributed by atoms with Crippen LogP contribution < -0.4 is 5.32 Å². The predicted molar refractivity (Wildman–Crippen MR) is 65.3 cm³/mol. The number of methoxy groups -OCH3 is 1. The molecule has 1 amide bonds. The van der Waals surface area contributed by atoms with Crippen molar-refractivity contribution in [2.45, 2.75) is 20.0 Å². The fourth-order valence-electron chi connectivity index (χ4n) is 1.14. The molecule has 0 saturated heterocycles. The van der Waals surface area contributed by atoms with E-state index >= 15 is 0 Å². The smallest absolute Gasteiger partial charge is 0.356 e. The van der Waals surface area contributed by atoms with Crippen molar-refractivity contribution in [1.82, 2.24) is 4.98 Å². The Morgan fingerprint density at radius 1 is 1.44 bits per heavy atom. The maximum atomic E-state index is 11.5. The van der Waals surface area contributed by atoms with Gasteiger partial charge in [-0.1, -0.05) is 0 Å². The third-order valence-electron chi connectivity index (χ3n) is 2.24.